The molecule has 2 rings (SSSR count). The first-order chi connectivity index (χ1) is 8.45. The molecule has 96 valence electrons. The summed E-state index contributed by atoms with van der Waals surface area (Å²) in [7, 11) is 0. The summed E-state index contributed by atoms with van der Waals surface area (Å²) in [5, 5.41) is 6.55. The fourth-order valence-electron chi connectivity index (χ4n) is 1.27. The minimum absolute atomic E-state index is 0.0565. The zero-order valence-electron chi connectivity index (χ0n) is 9.03. The van der Waals surface area contributed by atoms with E-state index in [1.54, 1.807) is 0 Å². The van der Waals surface area contributed by atoms with Crippen LogP contribution < -0.4 is 11.1 Å². The molecule has 0 aromatic carbocycles. The van der Waals surface area contributed by atoms with Crippen LogP contribution in [0.15, 0.2) is 22.9 Å². The lowest BCUT2D eigenvalue weighted by Crippen LogP contribution is -2.14. The van der Waals surface area contributed by atoms with Crippen molar-refractivity contribution in [2.45, 2.75) is 12.7 Å². The van der Waals surface area contributed by atoms with E-state index in [-0.39, 0.29) is 11.6 Å². The van der Waals surface area contributed by atoms with Gasteiger partial charge in [-0.1, -0.05) is 0 Å². The standard InChI is InChI=1S/C10H9F3N4S/c11-10(12,13)9-16-7(14)3-8(17-9)15-4-6-1-2-18-5-6/h1-3,5H,4H2,(H3,14,15,16,17). The summed E-state index contributed by atoms with van der Waals surface area (Å²) in [5.74, 6) is -1.40. The summed E-state index contributed by atoms with van der Waals surface area (Å²) in [6.45, 7) is 0.386. The molecule has 0 bridgehead atoms. The van der Waals surface area contributed by atoms with Gasteiger partial charge in [0.15, 0.2) is 0 Å². The van der Waals surface area contributed by atoms with Gasteiger partial charge in [-0.3, -0.25) is 0 Å². The second kappa shape index (κ2) is 4.81. The van der Waals surface area contributed by atoms with E-state index in [9.17, 15) is 13.2 Å². The van der Waals surface area contributed by atoms with E-state index in [1.807, 2.05) is 16.8 Å². The van der Waals surface area contributed by atoms with Crippen LogP contribution in [0.3, 0.4) is 0 Å². The van der Waals surface area contributed by atoms with Crippen LogP contribution in [0.2, 0.25) is 0 Å². The fraction of sp³-hybridized carbons (Fsp3) is 0.200. The SMILES string of the molecule is Nc1cc(NCc2ccsc2)nc(C(F)(F)F)n1. The largest absolute Gasteiger partial charge is 0.451 e. The number of nitrogens with zero attached hydrogens (tertiary/aromatic N) is 2. The minimum Gasteiger partial charge on any atom is -0.384 e. The quantitative estimate of drug-likeness (QED) is 0.903. The zero-order valence-corrected chi connectivity index (χ0v) is 9.85. The highest BCUT2D eigenvalue weighted by atomic mass is 32.1. The molecule has 0 aliphatic carbocycles. The van der Waals surface area contributed by atoms with Gasteiger partial charge in [0.05, 0.1) is 0 Å². The van der Waals surface area contributed by atoms with E-state index >= 15 is 0 Å². The number of nitrogens with two attached hydrogens (primary N) is 1. The maximum atomic E-state index is 12.5. The molecule has 0 unspecified atom stereocenters. The van der Waals surface area contributed by atoms with Crippen LogP contribution in [-0.2, 0) is 12.7 Å². The number of nitrogen functional groups attached to an aromatic ring is 1. The van der Waals surface area contributed by atoms with Gasteiger partial charge in [-0.05, 0) is 22.4 Å². The van der Waals surface area contributed by atoms with Crippen molar-refractivity contribution in [3.63, 3.8) is 0 Å². The van der Waals surface area contributed by atoms with Gasteiger partial charge in [0.2, 0.25) is 5.82 Å². The second-order valence-corrected chi connectivity index (χ2v) is 4.26. The molecule has 2 heterocycles. The molecule has 0 amide bonds. The fourth-order valence-corrected chi connectivity index (χ4v) is 1.94. The molecule has 0 saturated heterocycles. The number of anilines is 2. The highest BCUT2D eigenvalue weighted by Gasteiger charge is 2.35. The Kier molecular flexibility index (Phi) is 3.37. The lowest BCUT2D eigenvalue weighted by atomic mass is 10.3. The number of hydrogen-bond donors (Lipinski definition) is 2. The Bertz CT molecular complexity index is 524. The number of alkyl halides is 3. The number of halogens is 3. The normalized spacial score (nSPS) is 11.5. The molecule has 0 spiro atoms. The summed E-state index contributed by atoms with van der Waals surface area (Å²) >= 11 is 1.51. The topological polar surface area (TPSA) is 63.8 Å². The molecule has 0 fully saturated rings. The first-order valence-electron chi connectivity index (χ1n) is 4.92. The Labute approximate surface area is 105 Å². The maximum absolute atomic E-state index is 12.5. The summed E-state index contributed by atoms with van der Waals surface area (Å²) in [6.07, 6.45) is -4.60. The molecule has 0 atom stereocenters. The van der Waals surface area contributed by atoms with Gasteiger partial charge < -0.3 is 11.1 Å². The monoisotopic (exact) mass is 274 g/mol. The van der Waals surface area contributed by atoms with Crippen LogP contribution in [0.25, 0.3) is 0 Å². The second-order valence-electron chi connectivity index (χ2n) is 3.48. The Morgan fingerprint density at radius 2 is 2.11 bits per heavy atom. The summed E-state index contributed by atoms with van der Waals surface area (Å²) < 4.78 is 37.4. The molecule has 0 aliphatic heterocycles. The summed E-state index contributed by atoms with van der Waals surface area (Å²) in [6, 6.07) is 3.13. The van der Waals surface area contributed by atoms with Gasteiger partial charge in [0.25, 0.3) is 0 Å². The number of rotatable bonds is 3. The van der Waals surface area contributed by atoms with Gasteiger partial charge in [-0.2, -0.15) is 24.5 Å². The first kappa shape index (κ1) is 12.6. The van der Waals surface area contributed by atoms with E-state index in [1.165, 1.54) is 17.4 Å². The van der Waals surface area contributed by atoms with E-state index in [0.717, 1.165) is 5.56 Å². The molecule has 0 saturated carbocycles. The maximum Gasteiger partial charge on any atom is 0.451 e. The van der Waals surface area contributed by atoms with E-state index in [4.69, 9.17) is 5.73 Å². The third-order valence-corrected chi connectivity index (χ3v) is 2.79. The highest BCUT2D eigenvalue weighted by Crippen LogP contribution is 2.27. The van der Waals surface area contributed by atoms with Crippen molar-refractivity contribution in [2.24, 2.45) is 0 Å². The van der Waals surface area contributed by atoms with Crippen LogP contribution in [0.1, 0.15) is 11.4 Å². The van der Waals surface area contributed by atoms with Crippen molar-refractivity contribution in [2.75, 3.05) is 11.1 Å². The number of hydrogen-bond acceptors (Lipinski definition) is 5. The predicted octanol–water partition coefficient (Wildman–Crippen LogP) is 2.75. The third-order valence-electron chi connectivity index (χ3n) is 2.05. The van der Waals surface area contributed by atoms with Crippen molar-refractivity contribution < 1.29 is 13.2 Å². The smallest absolute Gasteiger partial charge is 0.384 e. The number of aromatic nitrogens is 2. The van der Waals surface area contributed by atoms with Crippen LogP contribution in [0.4, 0.5) is 24.8 Å². The van der Waals surface area contributed by atoms with Gasteiger partial charge >= 0.3 is 6.18 Å². The first-order valence-corrected chi connectivity index (χ1v) is 5.86. The molecule has 0 aliphatic rings. The molecule has 2 aromatic heterocycles. The molecule has 2 aromatic rings. The van der Waals surface area contributed by atoms with Crippen LogP contribution >= 0.6 is 11.3 Å². The van der Waals surface area contributed by atoms with Gasteiger partial charge in [0.1, 0.15) is 11.6 Å². The Morgan fingerprint density at radius 3 is 2.72 bits per heavy atom. The molecule has 18 heavy (non-hydrogen) atoms. The summed E-state index contributed by atoms with van der Waals surface area (Å²) in [5.41, 5.74) is 6.28. The van der Waals surface area contributed by atoms with Gasteiger partial charge in [-0.15, -0.1) is 0 Å². The zero-order chi connectivity index (χ0) is 13.2. The van der Waals surface area contributed by atoms with Gasteiger partial charge in [0, 0.05) is 12.6 Å². The van der Waals surface area contributed by atoms with Crippen molar-refractivity contribution >= 4 is 23.0 Å². The average molecular weight is 274 g/mol. The van der Waals surface area contributed by atoms with E-state index in [2.05, 4.69) is 15.3 Å². The molecule has 8 heteroatoms. The molecule has 0 radical (unpaired) electrons. The third kappa shape index (κ3) is 3.10. The Hall–Kier alpha value is -1.83. The minimum atomic E-state index is -4.60. The number of thiophene rings is 1. The van der Waals surface area contributed by atoms with E-state index < -0.39 is 12.0 Å². The molecule has 3 N–H and O–H groups in total. The van der Waals surface area contributed by atoms with Crippen LogP contribution in [0.5, 0.6) is 0 Å². The molecular weight excluding hydrogens is 265 g/mol. The van der Waals surface area contributed by atoms with Crippen LogP contribution in [0, 0.1) is 0 Å². The molecular formula is C10H9F3N4S. The lowest BCUT2D eigenvalue weighted by molar-refractivity contribution is -0.144. The van der Waals surface area contributed by atoms with Gasteiger partial charge in [-0.25, -0.2) is 9.97 Å². The van der Waals surface area contributed by atoms with Crippen molar-refractivity contribution in [3.8, 4) is 0 Å². The highest BCUT2D eigenvalue weighted by molar-refractivity contribution is 7.07. The molecule has 4 nitrogen and oxygen atoms in total. The van der Waals surface area contributed by atoms with Crippen LogP contribution in [-0.4, -0.2) is 9.97 Å². The lowest BCUT2D eigenvalue weighted by Gasteiger charge is -2.09. The Morgan fingerprint density at radius 1 is 1.33 bits per heavy atom. The number of nitrogens with one attached hydrogen (secondary N) is 1. The predicted molar refractivity (Wildman–Crippen MR) is 63.1 cm³/mol. The van der Waals surface area contributed by atoms with Crippen molar-refractivity contribution in [1.82, 2.24) is 9.97 Å². The van der Waals surface area contributed by atoms with Crippen molar-refractivity contribution in [1.29, 1.82) is 0 Å². The summed E-state index contributed by atoms with van der Waals surface area (Å²) in [4.78, 5) is 6.53. The van der Waals surface area contributed by atoms with E-state index in [0.29, 0.717) is 6.54 Å². The Balaban J connectivity index is 2.15. The van der Waals surface area contributed by atoms with Crippen molar-refractivity contribution in [3.05, 3.63) is 34.3 Å². The average Bonchev–Trinajstić information content (AvgIpc) is 2.77.